The minimum atomic E-state index is -0.177. The Bertz CT molecular complexity index is 615. The lowest BCUT2D eigenvalue weighted by Crippen LogP contribution is -2.12. The average Bonchev–Trinajstić information content (AvgIpc) is 2.47. The van der Waals surface area contributed by atoms with Gasteiger partial charge >= 0.3 is 0 Å². The second kappa shape index (κ2) is 6.15. The molecule has 102 valence electrons. The molecule has 2 aromatic carbocycles. The van der Waals surface area contributed by atoms with E-state index in [1.54, 1.807) is 24.3 Å². The summed E-state index contributed by atoms with van der Waals surface area (Å²) in [5.41, 5.74) is 2.96. The van der Waals surface area contributed by atoms with Gasteiger partial charge in [0.15, 0.2) is 0 Å². The van der Waals surface area contributed by atoms with Crippen LogP contribution in [0.1, 0.15) is 46.0 Å². The van der Waals surface area contributed by atoms with Gasteiger partial charge in [0.2, 0.25) is 0 Å². The molecule has 0 aliphatic rings. The minimum absolute atomic E-state index is 0.177. The summed E-state index contributed by atoms with van der Waals surface area (Å²) in [6, 6.07) is 14.4. The lowest BCUT2D eigenvalue weighted by atomic mass is 10.0. The molecule has 1 N–H and O–H groups in total. The van der Waals surface area contributed by atoms with Gasteiger partial charge in [-0.15, -0.1) is 0 Å². The molecule has 0 atom stereocenters. The van der Waals surface area contributed by atoms with E-state index < -0.39 is 0 Å². The van der Waals surface area contributed by atoms with Gasteiger partial charge in [0.1, 0.15) is 6.29 Å². The van der Waals surface area contributed by atoms with Crippen molar-refractivity contribution in [1.82, 2.24) is 0 Å². The minimum Gasteiger partial charge on any atom is -0.322 e. The Balaban J connectivity index is 2.13. The molecular weight excluding hydrogens is 250 g/mol. The topological polar surface area (TPSA) is 46.2 Å². The predicted molar refractivity (Wildman–Crippen MR) is 80.3 cm³/mol. The Morgan fingerprint density at radius 3 is 2.40 bits per heavy atom. The van der Waals surface area contributed by atoms with Gasteiger partial charge in [0, 0.05) is 16.8 Å². The molecule has 3 nitrogen and oxygen atoms in total. The number of rotatable bonds is 4. The Kier molecular flexibility index (Phi) is 4.31. The summed E-state index contributed by atoms with van der Waals surface area (Å²) >= 11 is 0. The van der Waals surface area contributed by atoms with E-state index in [1.807, 2.05) is 24.3 Å². The molecule has 0 fully saturated rings. The van der Waals surface area contributed by atoms with Crippen molar-refractivity contribution in [2.45, 2.75) is 19.8 Å². The number of benzene rings is 2. The lowest BCUT2D eigenvalue weighted by molar-refractivity contribution is 0.102. The van der Waals surface area contributed by atoms with Gasteiger partial charge in [-0.25, -0.2) is 0 Å². The average molecular weight is 267 g/mol. The second-order valence-corrected chi connectivity index (χ2v) is 4.97. The van der Waals surface area contributed by atoms with Gasteiger partial charge < -0.3 is 5.32 Å². The monoisotopic (exact) mass is 267 g/mol. The van der Waals surface area contributed by atoms with Crippen molar-refractivity contribution in [1.29, 1.82) is 0 Å². The lowest BCUT2D eigenvalue weighted by Gasteiger charge is -2.08. The molecule has 0 saturated heterocycles. The zero-order chi connectivity index (χ0) is 14.5. The summed E-state index contributed by atoms with van der Waals surface area (Å²) in [6.45, 7) is 4.22. The van der Waals surface area contributed by atoms with Crippen LogP contribution in [-0.4, -0.2) is 12.2 Å². The predicted octanol–water partition coefficient (Wildman–Crippen LogP) is 3.87. The Morgan fingerprint density at radius 2 is 1.80 bits per heavy atom. The summed E-state index contributed by atoms with van der Waals surface area (Å²) in [4.78, 5) is 22.8. The second-order valence-electron chi connectivity index (χ2n) is 4.97. The first kappa shape index (κ1) is 14.0. The number of aldehydes is 1. The molecule has 0 aromatic heterocycles. The summed E-state index contributed by atoms with van der Waals surface area (Å²) in [5, 5.41) is 2.78. The van der Waals surface area contributed by atoms with Crippen LogP contribution >= 0.6 is 0 Å². The van der Waals surface area contributed by atoms with Crippen LogP contribution in [0.25, 0.3) is 0 Å². The SMILES string of the molecule is CC(C)c1ccc(C(=O)Nc2cccc(C=O)c2)cc1. The highest BCUT2D eigenvalue weighted by Crippen LogP contribution is 2.16. The highest BCUT2D eigenvalue weighted by molar-refractivity contribution is 6.04. The Hall–Kier alpha value is -2.42. The summed E-state index contributed by atoms with van der Waals surface area (Å²) in [7, 11) is 0. The van der Waals surface area contributed by atoms with Crippen LogP contribution in [0.4, 0.5) is 5.69 Å². The number of carbonyl (C=O) groups is 2. The van der Waals surface area contributed by atoms with E-state index in [0.717, 1.165) is 6.29 Å². The van der Waals surface area contributed by atoms with Crippen molar-refractivity contribution in [3.8, 4) is 0 Å². The molecule has 0 aliphatic heterocycles. The Labute approximate surface area is 118 Å². The van der Waals surface area contributed by atoms with Crippen LogP contribution in [0.5, 0.6) is 0 Å². The quantitative estimate of drug-likeness (QED) is 0.855. The Morgan fingerprint density at radius 1 is 1.10 bits per heavy atom. The molecule has 1 amide bonds. The summed E-state index contributed by atoms with van der Waals surface area (Å²) in [6.07, 6.45) is 0.757. The van der Waals surface area contributed by atoms with Crippen LogP contribution < -0.4 is 5.32 Å². The zero-order valence-electron chi connectivity index (χ0n) is 11.6. The van der Waals surface area contributed by atoms with Crippen LogP contribution in [0.2, 0.25) is 0 Å². The molecule has 0 bridgehead atoms. The van der Waals surface area contributed by atoms with Crippen LogP contribution in [-0.2, 0) is 0 Å². The first-order chi connectivity index (χ1) is 9.60. The van der Waals surface area contributed by atoms with Crippen LogP contribution in [0, 0.1) is 0 Å². The number of carbonyl (C=O) groups excluding carboxylic acids is 2. The molecule has 0 heterocycles. The van der Waals surface area contributed by atoms with Crippen LogP contribution in [0.3, 0.4) is 0 Å². The number of anilines is 1. The third kappa shape index (κ3) is 3.32. The third-order valence-corrected chi connectivity index (χ3v) is 3.12. The normalized spacial score (nSPS) is 10.3. The zero-order valence-corrected chi connectivity index (χ0v) is 11.6. The molecule has 0 saturated carbocycles. The third-order valence-electron chi connectivity index (χ3n) is 3.12. The van der Waals surface area contributed by atoms with Crippen molar-refractivity contribution >= 4 is 17.9 Å². The van der Waals surface area contributed by atoms with Crippen molar-refractivity contribution < 1.29 is 9.59 Å². The molecule has 3 heteroatoms. The molecule has 0 aliphatic carbocycles. The largest absolute Gasteiger partial charge is 0.322 e. The maximum atomic E-state index is 12.1. The van der Waals surface area contributed by atoms with Gasteiger partial charge in [-0.1, -0.05) is 38.1 Å². The highest BCUT2D eigenvalue weighted by atomic mass is 16.1. The molecule has 2 aromatic rings. The van der Waals surface area contributed by atoms with Crippen molar-refractivity contribution in [2.75, 3.05) is 5.32 Å². The van der Waals surface area contributed by atoms with Gasteiger partial charge in [-0.2, -0.15) is 0 Å². The first-order valence-corrected chi connectivity index (χ1v) is 6.56. The van der Waals surface area contributed by atoms with Crippen LogP contribution in [0.15, 0.2) is 48.5 Å². The first-order valence-electron chi connectivity index (χ1n) is 6.56. The smallest absolute Gasteiger partial charge is 0.255 e. The van der Waals surface area contributed by atoms with Gasteiger partial charge in [-0.3, -0.25) is 9.59 Å². The summed E-state index contributed by atoms with van der Waals surface area (Å²) in [5.74, 6) is 0.264. The van der Waals surface area contributed by atoms with E-state index in [2.05, 4.69) is 19.2 Å². The maximum Gasteiger partial charge on any atom is 0.255 e. The van der Waals surface area contributed by atoms with E-state index in [9.17, 15) is 9.59 Å². The molecule has 2 rings (SSSR count). The number of amides is 1. The van der Waals surface area contributed by atoms with E-state index in [1.165, 1.54) is 5.56 Å². The van der Waals surface area contributed by atoms with E-state index in [-0.39, 0.29) is 5.91 Å². The van der Waals surface area contributed by atoms with E-state index in [0.29, 0.717) is 22.7 Å². The van der Waals surface area contributed by atoms with Crippen molar-refractivity contribution in [3.63, 3.8) is 0 Å². The van der Waals surface area contributed by atoms with Crippen molar-refractivity contribution in [3.05, 3.63) is 65.2 Å². The molecule has 0 unspecified atom stereocenters. The fourth-order valence-electron chi connectivity index (χ4n) is 1.91. The fraction of sp³-hybridized carbons (Fsp3) is 0.176. The summed E-state index contributed by atoms with van der Waals surface area (Å²) < 4.78 is 0. The standard InChI is InChI=1S/C17H17NO2/c1-12(2)14-6-8-15(9-7-14)17(20)18-16-5-3-4-13(10-16)11-19/h3-12H,1-2H3,(H,18,20). The van der Waals surface area contributed by atoms with E-state index >= 15 is 0 Å². The molecular formula is C17H17NO2. The molecule has 20 heavy (non-hydrogen) atoms. The van der Waals surface area contributed by atoms with Gasteiger partial charge in [0.25, 0.3) is 5.91 Å². The fourth-order valence-corrected chi connectivity index (χ4v) is 1.91. The van der Waals surface area contributed by atoms with Gasteiger partial charge in [-0.05, 0) is 35.7 Å². The van der Waals surface area contributed by atoms with Gasteiger partial charge in [0.05, 0.1) is 0 Å². The number of nitrogens with one attached hydrogen (secondary N) is 1. The highest BCUT2D eigenvalue weighted by Gasteiger charge is 2.07. The molecule has 0 spiro atoms. The van der Waals surface area contributed by atoms with Crippen molar-refractivity contribution in [2.24, 2.45) is 0 Å². The van der Waals surface area contributed by atoms with E-state index in [4.69, 9.17) is 0 Å². The number of hydrogen-bond acceptors (Lipinski definition) is 2. The number of hydrogen-bond donors (Lipinski definition) is 1. The molecule has 0 radical (unpaired) electrons. The maximum absolute atomic E-state index is 12.1.